The number of nitrogens with one attached hydrogen (secondary N) is 1. The molecular weight excluding hydrogens is 460 g/mol. The molecule has 2 aromatic heterocycles. The van der Waals surface area contributed by atoms with Crippen LogP contribution < -0.4 is 5.32 Å². The fraction of sp³-hybridized carbons (Fsp3) is 0.107. The Balaban J connectivity index is 1.61. The van der Waals surface area contributed by atoms with Crippen molar-refractivity contribution in [3.8, 4) is 10.6 Å². The van der Waals surface area contributed by atoms with Crippen LogP contribution in [-0.4, -0.2) is 24.0 Å². The topological polar surface area (TPSA) is 81.4 Å². The average Bonchev–Trinajstić information content (AvgIpc) is 3.45. The molecule has 5 aromatic rings. The maximum atomic E-state index is 13.7. The minimum absolute atomic E-state index is 0.170. The number of aromatic nitrogens is 1. The number of hydrogen-bond donors (Lipinski definition) is 1. The van der Waals surface area contributed by atoms with Crippen LogP contribution in [0.3, 0.4) is 0 Å². The van der Waals surface area contributed by atoms with Gasteiger partial charge in [-0.3, -0.25) is 10.1 Å². The Kier molecular flexibility index (Phi) is 6.16. The molecule has 0 spiro atoms. The summed E-state index contributed by atoms with van der Waals surface area (Å²) in [6.07, 6.45) is 0. The second kappa shape index (κ2) is 9.56. The molecule has 5 rings (SSSR count). The van der Waals surface area contributed by atoms with Crippen LogP contribution in [0.1, 0.15) is 33.2 Å². The van der Waals surface area contributed by atoms with E-state index in [1.54, 1.807) is 6.92 Å². The van der Waals surface area contributed by atoms with Gasteiger partial charge in [0.05, 0.1) is 28.8 Å². The number of benzene rings is 3. The summed E-state index contributed by atoms with van der Waals surface area (Å²) in [6, 6.07) is 26.8. The number of anilines is 1. The van der Waals surface area contributed by atoms with Gasteiger partial charge in [-0.2, -0.15) is 0 Å². The lowest BCUT2D eigenvalue weighted by atomic mass is 9.90. The standard InChI is InChI=1S/C28H22N2O4S/c1-17-22(28(32)33-2)24(27-29-20-15-9-10-16-21(20)35-27)26(34-17)30-25(31)23(18-11-5-3-6-12-18)19-13-7-4-8-14-19/h3-16,23H,1-2H3,(H,30,31). The number of carbonyl (C=O) groups is 2. The number of methoxy groups -OCH3 is 1. The number of esters is 1. The van der Waals surface area contributed by atoms with Gasteiger partial charge in [-0.15, -0.1) is 11.3 Å². The smallest absolute Gasteiger partial charge is 0.342 e. The first kappa shape index (κ1) is 22.6. The van der Waals surface area contributed by atoms with Crippen LogP contribution in [0.25, 0.3) is 20.8 Å². The summed E-state index contributed by atoms with van der Waals surface area (Å²) in [7, 11) is 1.32. The van der Waals surface area contributed by atoms with Gasteiger partial charge in [-0.05, 0) is 30.2 Å². The first-order valence-corrected chi connectivity index (χ1v) is 11.9. The fourth-order valence-corrected chi connectivity index (χ4v) is 5.15. The highest BCUT2D eigenvalue weighted by atomic mass is 32.1. The molecule has 0 saturated heterocycles. The second-order valence-corrected chi connectivity index (χ2v) is 8.99. The van der Waals surface area contributed by atoms with Gasteiger partial charge in [0.25, 0.3) is 0 Å². The number of rotatable bonds is 6. The van der Waals surface area contributed by atoms with Crippen molar-refractivity contribution in [3.05, 3.63) is 107 Å². The molecule has 1 amide bonds. The predicted molar refractivity (Wildman–Crippen MR) is 137 cm³/mol. The number of para-hydroxylation sites is 1. The van der Waals surface area contributed by atoms with Gasteiger partial charge in [0.2, 0.25) is 11.8 Å². The molecule has 0 atom stereocenters. The van der Waals surface area contributed by atoms with Crippen molar-refractivity contribution in [2.45, 2.75) is 12.8 Å². The van der Waals surface area contributed by atoms with Crippen LogP contribution in [0, 0.1) is 6.92 Å². The lowest BCUT2D eigenvalue weighted by molar-refractivity contribution is -0.116. The molecule has 6 nitrogen and oxygen atoms in total. The number of aryl methyl sites for hydroxylation is 1. The molecular formula is C28H22N2O4S. The summed E-state index contributed by atoms with van der Waals surface area (Å²) in [6.45, 7) is 1.67. The summed E-state index contributed by atoms with van der Waals surface area (Å²) in [4.78, 5) is 31.1. The highest BCUT2D eigenvalue weighted by Crippen LogP contribution is 2.41. The molecule has 174 valence electrons. The lowest BCUT2D eigenvalue weighted by Gasteiger charge is -2.17. The number of amides is 1. The number of fused-ring (bicyclic) bond motifs is 1. The van der Waals surface area contributed by atoms with Crippen molar-refractivity contribution < 1.29 is 18.7 Å². The first-order valence-electron chi connectivity index (χ1n) is 11.0. The summed E-state index contributed by atoms with van der Waals surface area (Å²) in [5.41, 5.74) is 3.15. The van der Waals surface area contributed by atoms with Crippen molar-refractivity contribution in [2.75, 3.05) is 12.4 Å². The molecule has 35 heavy (non-hydrogen) atoms. The third-order valence-electron chi connectivity index (χ3n) is 5.75. The Labute approximate surface area is 206 Å². The molecule has 0 aliphatic carbocycles. The Hall–Kier alpha value is -4.23. The van der Waals surface area contributed by atoms with Gasteiger partial charge in [0.1, 0.15) is 16.3 Å². The van der Waals surface area contributed by atoms with Crippen molar-refractivity contribution in [3.63, 3.8) is 0 Å². The van der Waals surface area contributed by atoms with E-state index in [-0.39, 0.29) is 17.4 Å². The Morgan fingerprint density at radius 3 is 2.11 bits per heavy atom. The zero-order valence-corrected chi connectivity index (χ0v) is 20.0. The van der Waals surface area contributed by atoms with Gasteiger partial charge in [-0.1, -0.05) is 72.8 Å². The largest absolute Gasteiger partial charge is 0.465 e. The molecule has 0 radical (unpaired) electrons. The van der Waals surface area contributed by atoms with E-state index >= 15 is 0 Å². The van der Waals surface area contributed by atoms with Crippen LogP contribution in [0.4, 0.5) is 5.88 Å². The maximum absolute atomic E-state index is 13.7. The van der Waals surface area contributed by atoms with E-state index in [0.29, 0.717) is 16.3 Å². The Bertz CT molecular complexity index is 1430. The molecule has 1 N–H and O–H groups in total. The third kappa shape index (κ3) is 4.34. The van der Waals surface area contributed by atoms with Crippen LogP contribution in [0.15, 0.2) is 89.3 Å². The quantitative estimate of drug-likeness (QED) is 0.282. The highest BCUT2D eigenvalue weighted by Gasteiger charge is 2.31. The van der Waals surface area contributed by atoms with Gasteiger partial charge in [0, 0.05) is 0 Å². The number of thiazole rings is 1. The van der Waals surface area contributed by atoms with Gasteiger partial charge >= 0.3 is 5.97 Å². The molecule has 0 bridgehead atoms. The normalized spacial score (nSPS) is 11.1. The van der Waals surface area contributed by atoms with Crippen LogP contribution in [0.5, 0.6) is 0 Å². The highest BCUT2D eigenvalue weighted by molar-refractivity contribution is 7.21. The molecule has 2 heterocycles. The zero-order valence-electron chi connectivity index (χ0n) is 19.1. The number of furan rings is 1. The molecule has 7 heteroatoms. The first-order chi connectivity index (χ1) is 17.1. The van der Waals surface area contributed by atoms with Gasteiger partial charge in [0.15, 0.2) is 0 Å². The molecule has 0 fully saturated rings. The van der Waals surface area contributed by atoms with Crippen LogP contribution in [-0.2, 0) is 9.53 Å². The van der Waals surface area contributed by atoms with Gasteiger partial charge < -0.3 is 9.15 Å². The summed E-state index contributed by atoms with van der Waals surface area (Å²) in [5.74, 6) is -0.896. The third-order valence-corrected chi connectivity index (χ3v) is 6.80. The average molecular weight is 483 g/mol. The molecule has 0 aliphatic heterocycles. The minimum Gasteiger partial charge on any atom is -0.465 e. The van der Waals surface area contributed by atoms with Crippen molar-refractivity contribution in [1.82, 2.24) is 4.98 Å². The van der Waals surface area contributed by atoms with E-state index in [1.165, 1.54) is 18.4 Å². The van der Waals surface area contributed by atoms with E-state index in [0.717, 1.165) is 21.3 Å². The number of carbonyl (C=O) groups excluding carboxylic acids is 2. The van der Waals surface area contributed by atoms with Gasteiger partial charge in [-0.25, -0.2) is 9.78 Å². The minimum atomic E-state index is -0.576. The SMILES string of the molecule is COC(=O)c1c(C)oc(NC(=O)C(c2ccccc2)c2ccccc2)c1-c1nc2ccccc2s1. The zero-order chi connectivity index (χ0) is 24.4. The monoisotopic (exact) mass is 482 g/mol. The maximum Gasteiger partial charge on any atom is 0.342 e. The summed E-state index contributed by atoms with van der Waals surface area (Å²) < 4.78 is 11.9. The molecule has 0 saturated carbocycles. The number of ether oxygens (including phenoxy) is 1. The van der Waals surface area contributed by atoms with Crippen molar-refractivity contribution in [1.29, 1.82) is 0 Å². The fourth-order valence-electron chi connectivity index (χ4n) is 4.13. The van der Waals surface area contributed by atoms with Crippen LogP contribution >= 0.6 is 11.3 Å². The van der Waals surface area contributed by atoms with Crippen molar-refractivity contribution in [2.24, 2.45) is 0 Å². The van der Waals surface area contributed by atoms with E-state index < -0.39 is 11.9 Å². The summed E-state index contributed by atoms with van der Waals surface area (Å²) >= 11 is 1.42. The second-order valence-electron chi connectivity index (χ2n) is 7.96. The predicted octanol–water partition coefficient (Wildman–Crippen LogP) is 6.42. The van der Waals surface area contributed by atoms with E-state index in [4.69, 9.17) is 14.1 Å². The van der Waals surface area contributed by atoms with Crippen LogP contribution in [0.2, 0.25) is 0 Å². The lowest BCUT2D eigenvalue weighted by Crippen LogP contribution is -2.22. The van der Waals surface area contributed by atoms with E-state index in [1.807, 2.05) is 84.9 Å². The Morgan fingerprint density at radius 1 is 0.914 bits per heavy atom. The summed E-state index contributed by atoms with van der Waals surface area (Å²) in [5, 5.41) is 3.51. The molecule has 0 aliphatic rings. The van der Waals surface area contributed by atoms with E-state index in [9.17, 15) is 9.59 Å². The molecule has 0 unspecified atom stereocenters. The number of nitrogens with zero attached hydrogens (tertiary/aromatic N) is 1. The van der Waals surface area contributed by atoms with Crippen molar-refractivity contribution >= 4 is 39.3 Å². The van der Waals surface area contributed by atoms with E-state index in [2.05, 4.69) is 5.32 Å². The number of hydrogen-bond acceptors (Lipinski definition) is 6. The Morgan fingerprint density at radius 2 is 1.51 bits per heavy atom. The molecule has 3 aromatic carbocycles.